The first-order valence-electron chi connectivity index (χ1n) is 6.68. The maximum Gasteiger partial charge on any atom is 0.165 e. The van der Waals surface area contributed by atoms with E-state index in [1.54, 1.807) is 6.07 Å². The van der Waals surface area contributed by atoms with Gasteiger partial charge >= 0.3 is 0 Å². The number of hydrogen-bond acceptors (Lipinski definition) is 2. The SMILES string of the molecule is CCCC(C)COc1c(F)cccc1C(C)NC. The highest BCUT2D eigenvalue weighted by atomic mass is 19.1. The summed E-state index contributed by atoms with van der Waals surface area (Å²) in [6.45, 7) is 6.84. The molecule has 2 atom stereocenters. The predicted molar refractivity (Wildman–Crippen MR) is 73.4 cm³/mol. The minimum absolute atomic E-state index is 0.0807. The number of ether oxygens (including phenoxy) is 1. The second-order valence-electron chi connectivity index (χ2n) is 4.87. The fourth-order valence-electron chi connectivity index (χ4n) is 1.98. The van der Waals surface area contributed by atoms with Gasteiger partial charge in [0.2, 0.25) is 0 Å². The number of nitrogens with one attached hydrogen (secondary N) is 1. The highest BCUT2D eigenvalue weighted by Crippen LogP contribution is 2.28. The summed E-state index contributed by atoms with van der Waals surface area (Å²) in [5, 5.41) is 3.11. The van der Waals surface area contributed by atoms with Crippen molar-refractivity contribution in [3.63, 3.8) is 0 Å². The summed E-state index contributed by atoms with van der Waals surface area (Å²) in [5.74, 6) is 0.563. The van der Waals surface area contributed by atoms with E-state index in [4.69, 9.17) is 4.74 Å². The summed E-state index contributed by atoms with van der Waals surface area (Å²) in [7, 11) is 1.86. The van der Waals surface area contributed by atoms with Crippen LogP contribution in [0.25, 0.3) is 0 Å². The Morgan fingerprint density at radius 3 is 2.67 bits per heavy atom. The molecule has 2 nitrogen and oxygen atoms in total. The van der Waals surface area contributed by atoms with E-state index in [1.165, 1.54) is 6.07 Å². The normalized spacial score (nSPS) is 14.3. The fraction of sp³-hybridized carbons (Fsp3) is 0.600. The molecule has 0 bridgehead atoms. The van der Waals surface area contributed by atoms with Crippen LogP contribution in [-0.2, 0) is 0 Å². The molecule has 1 N–H and O–H groups in total. The van der Waals surface area contributed by atoms with Gasteiger partial charge in [0, 0.05) is 11.6 Å². The highest BCUT2D eigenvalue weighted by Gasteiger charge is 2.15. The first-order valence-corrected chi connectivity index (χ1v) is 6.68. The lowest BCUT2D eigenvalue weighted by Crippen LogP contribution is -2.16. The minimum atomic E-state index is -0.279. The molecule has 1 aromatic carbocycles. The van der Waals surface area contributed by atoms with Gasteiger partial charge < -0.3 is 10.1 Å². The maximum absolute atomic E-state index is 13.8. The van der Waals surface area contributed by atoms with Crippen LogP contribution < -0.4 is 10.1 Å². The van der Waals surface area contributed by atoms with Crippen molar-refractivity contribution in [1.29, 1.82) is 0 Å². The monoisotopic (exact) mass is 253 g/mol. The third kappa shape index (κ3) is 3.98. The molecule has 18 heavy (non-hydrogen) atoms. The molecule has 1 aromatic rings. The molecule has 102 valence electrons. The van der Waals surface area contributed by atoms with Gasteiger partial charge in [-0.05, 0) is 32.4 Å². The molecule has 0 radical (unpaired) electrons. The Balaban J connectivity index is 2.79. The van der Waals surface area contributed by atoms with Crippen LogP contribution >= 0.6 is 0 Å². The van der Waals surface area contributed by atoms with Gasteiger partial charge in [-0.15, -0.1) is 0 Å². The third-order valence-corrected chi connectivity index (χ3v) is 3.19. The number of rotatable bonds is 7. The van der Waals surface area contributed by atoms with Crippen molar-refractivity contribution in [2.75, 3.05) is 13.7 Å². The average Bonchev–Trinajstić information content (AvgIpc) is 2.36. The van der Waals surface area contributed by atoms with E-state index < -0.39 is 0 Å². The predicted octanol–water partition coefficient (Wildman–Crippen LogP) is 3.92. The lowest BCUT2D eigenvalue weighted by atomic mass is 10.1. The van der Waals surface area contributed by atoms with Gasteiger partial charge in [0.1, 0.15) is 0 Å². The molecule has 0 amide bonds. The molecule has 0 saturated heterocycles. The van der Waals surface area contributed by atoms with Gasteiger partial charge in [-0.25, -0.2) is 4.39 Å². The molecule has 0 aliphatic heterocycles. The van der Waals surface area contributed by atoms with Crippen molar-refractivity contribution in [1.82, 2.24) is 5.32 Å². The van der Waals surface area contributed by atoms with E-state index in [-0.39, 0.29) is 11.9 Å². The second kappa shape index (κ2) is 7.37. The van der Waals surface area contributed by atoms with Crippen LogP contribution in [0.1, 0.15) is 45.2 Å². The van der Waals surface area contributed by atoms with Crippen molar-refractivity contribution in [2.45, 2.75) is 39.7 Å². The van der Waals surface area contributed by atoms with E-state index in [9.17, 15) is 4.39 Å². The van der Waals surface area contributed by atoms with Crippen LogP contribution in [-0.4, -0.2) is 13.7 Å². The highest BCUT2D eigenvalue weighted by molar-refractivity contribution is 5.37. The van der Waals surface area contributed by atoms with Crippen LogP contribution in [0.15, 0.2) is 18.2 Å². The summed E-state index contributed by atoms with van der Waals surface area (Å²) in [4.78, 5) is 0. The molecular formula is C15H24FNO. The summed E-state index contributed by atoms with van der Waals surface area (Å²) in [5.41, 5.74) is 0.876. The van der Waals surface area contributed by atoms with Crippen LogP contribution in [0.5, 0.6) is 5.75 Å². The summed E-state index contributed by atoms with van der Waals surface area (Å²) in [6.07, 6.45) is 2.23. The van der Waals surface area contributed by atoms with Crippen molar-refractivity contribution >= 4 is 0 Å². The number of hydrogen-bond donors (Lipinski definition) is 1. The summed E-state index contributed by atoms with van der Waals surface area (Å²) < 4.78 is 19.5. The van der Waals surface area contributed by atoms with Crippen LogP contribution in [0.3, 0.4) is 0 Å². The Kier molecular flexibility index (Phi) is 6.13. The lowest BCUT2D eigenvalue weighted by molar-refractivity contribution is 0.238. The quantitative estimate of drug-likeness (QED) is 0.795. The Bertz CT molecular complexity index is 368. The summed E-state index contributed by atoms with van der Waals surface area (Å²) in [6, 6.07) is 5.16. The number of para-hydroxylation sites is 1. The van der Waals surface area contributed by atoms with Crippen molar-refractivity contribution in [3.05, 3.63) is 29.6 Å². The van der Waals surface area contributed by atoms with E-state index in [2.05, 4.69) is 19.2 Å². The third-order valence-electron chi connectivity index (χ3n) is 3.19. The van der Waals surface area contributed by atoms with Crippen molar-refractivity contribution in [3.8, 4) is 5.75 Å². The van der Waals surface area contributed by atoms with Gasteiger partial charge in [-0.1, -0.05) is 32.4 Å². The molecule has 0 saturated carbocycles. The summed E-state index contributed by atoms with van der Waals surface area (Å²) >= 11 is 0. The van der Waals surface area contributed by atoms with Gasteiger partial charge in [0.25, 0.3) is 0 Å². The maximum atomic E-state index is 13.8. The zero-order valence-corrected chi connectivity index (χ0v) is 11.8. The van der Waals surface area contributed by atoms with Gasteiger partial charge in [-0.2, -0.15) is 0 Å². The minimum Gasteiger partial charge on any atom is -0.490 e. The smallest absolute Gasteiger partial charge is 0.165 e. The van der Waals surface area contributed by atoms with E-state index in [1.807, 2.05) is 20.0 Å². The Labute approximate surface area is 110 Å². The Morgan fingerprint density at radius 2 is 2.06 bits per heavy atom. The fourth-order valence-corrected chi connectivity index (χ4v) is 1.98. The molecule has 0 spiro atoms. The zero-order valence-electron chi connectivity index (χ0n) is 11.8. The van der Waals surface area contributed by atoms with Crippen LogP contribution in [0.2, 0.25) is 0 Å². The molecule has 2 unspecified atom stereocenters. The van der Waals surface area contributed by atoms with Crippen molar-refractivity contribution in [2.24, 2.45) is 5.92 Å². The molecule has 3 heteroatoms. The van der Waals surface area contributed by atoms with E-state index in [0.717, 1.165) is 18.4 Å². The first-order chi connectivity index (χ1) is 8.60. The zero-order chi connectivity index (χ0) is 13.5. The largest absolute Gasteiger partial charge is 0.490 e. The topological polar surface area (TPSA) is 21.3 Å². The standard InChI is InChI=1S/C15H24FNO/c1-5-7-11(2)10-18-15-13(12(3)17-4)8-6-9-14(15)16/h6,8-9,11-12,17H,5,7,10H2,1-4H3. The lowest BCUT2D eigenvalue weighted by Gasteiger charge is -2.19. The molecule has 0 aromatic heterocycles. The van der Waals surface area contributed by atoms with Gasteiger partial charge in [0.05, 0.1) is 6.61 Å². The Morgan fingerprint density at radius 1 is 1.33 bits per heavy atom. The molecular weight excluding hydrogens is 229 g/mol. The van der Waals surface area contributed by atoms with Crippen LogP contribution in [0.4, 0.5) is 4.39 Å². The Hall–Kier alpha value is -1.09. The van der Waals surface area contributed by atoms with Crippen LogP contribution in [0, 0.1) is 11.7 Å². The molecule has 0 fully saturated rings. The molecule has 0 heterocycles. The van der Waals surface area contributed by atoms with E-state index >= 15 is 0 Å². The molecule has 0 aliphatic carbocycles. The number of benzene rings is 1. The van der Waals surface area contributed by atoms with Gasteiger partial charge in [0.15, 0.2) is 11.6 Å². The number of halogens is 1. The van der Waals surface area contributed by atoms with Gasteiger partial charge in [-0.3, -0.25) is 0 Å². The first kappa shape index (κ1) is 15.0. The molecule has 1 rings (SSSR count). The van der Waals surface area contributed by atoms with Crippen molar-refractivity contribution < 1.29 is 9.13 Å². The average molecular weight is 253 g/mol. The van der Waals surface area contributed by atoms with E-state index in [0.29, 0.717) is 18.3 Å². The second-order valence-corrected chi connectivity index (χ2v) is 4.87. The molecule has 0 aliphatic rings.